The highest BCUT2D eigenvalue weighted by Crippen LogP contribution is 2.14. The summed E-state index contributed by atoms with van der Waals surface area (Å²) in [7, 11) is 0. The maximum atomic E-state index is 4.20. The molecule has 0 radical (unpaired) electrons. The van der Waals surface area contributed by atoms with E-state index in [-0.39, 0.29) is 5.41 Å². The van der Waals surface area contributed by atoms with Gasteiger partial charge in [0.1, 0.15) is 0 Å². The topological polar surface area (TPSA) is 25.2 Å². The molecule has 3 heteroatoms. The van der Waals surface area contributed by atoms with Crippen LogP contribution in [0.2, 0.25) is 0 Å². The Balaban J connectivity index is 2.75. The van der Waals surface area contributed by atoms with Gasteiger partial charge in [0.05, 0.1) is 21.6 Å². The van der Waals surface area contributed by atoms with Crippen molar-refractivity contribution < 1.29 is 0 Å². The van der Waals surface area contributed by atoms with Crippen molar-refractivity contribution in [3.8, 4) is 0 Å². The van der Waals surface area contributed by atoms with Gasteiger partial charge in [0.25, 0.3) is 0 Å². The van der Waals surface area contributed by atoms with E-state index in [2.05, 4.69) is 29.9 Å². The van der Waals surface area contributed by atoms with Crippen molar-refractivity contribution in [2.24, 2.45) is 10.4 Å². The Morgan fingerprint density at radius 3 is 3.08 bits per heavy atom. The molecule has 1 aromatic rings. The van der Waals surface area contributed by atoms with Crippen LogP contribution in [0, 0.1) is 5.41 Å². The minimum Gasteiger partial charge on any atom is -0.266 e. The zero-order valence-electron chi connectivity index (χ0n) is 7.11. The predicted octanol–water partition coefficient (Wildman–Crippen LogP) is 0.772. The van der Waals surface area contributed by atoms with Crippen LogP contribution in [0.4, 0.5) is 0 Å². The van der Waals surface area contributed by atoms with Gasteiger partial charge in [-0.15, -0.1) is 11.3 Å². The fourth-order valence-corrected chi connectivity index (χ4v) is 2.02. The lowest BCUT2D eigenvalue weighted by Gasteiger charge is -2.10. The first-order chi connectivity index (χ1) is 5.67. The van der Waals surface area contributed by atoms with Gasteiger partial charge >= 0.3 is 0 Å². The molecule has 62 valence electrons. The molecule has 1 aliphatic rings. The number of fused-ring (bicyclic) bond motifs is 1. The molecule has 12 heavy (non-hydrogen) atoms. The molecular weight excluding hydrogens is 168 g/mol. The monoisotopic (exact) mass is 178 g/mol. The van der Waals surface area contributed by atoms with Gasteiger partial charge in [-0.25, -0.2) is 4.98 Å². The molecule has 0 saturated carbocycles. The molecule has 2 nitrogen and oxygen atoms in total. The normalized spacial score (nSPS) is 18.8. The Bertz CT molecular complexity index is 426. The molecule has 0 aromatic carbocycles. The highest BCUT2D eigenvalue weighted by Gasteiger charge is 2.12. The van der Waals surface area contributed by atoms with Gasteiger partial charge in [-0.3, -0.25) is 4.99 Å². The van der Waals surface area contributed by atoms with Crippen molar-refractivity contribution in [3.63, 3.8) is 0 Å². The van der Waals surface area contributed by atoms with E-state index in [0.29, 0.717) is 0 Å². The smallest absolute Gasteiger partial charge is 0.0991 e. The van der Waals surface area contributed by atoms with Gasteiger partial charge in [-0.05, 0) is 0 Å². The zero-order chi connectivity index (χ0) is 8.60. The third-order valence-corrected chi connectivity index (χ3v) is 2.52. The first-order valence-electron chi connectivity index (χ1n) is 3.84. The Morgan fingerprint density at radius 2 is 2.25 bits per heavy atom. The van der Waals surface area contributed by atoms with Gasteiger partial charge in [-0.1, -0.05) is 19.9 Å². The maximum Gasteiger partial charge on any atom is 0.0991 e. The number of aliphatic imine (C=N–C) groups is 1. The summed E-state index contributed by atoms with van der Waals surface area (Å²) in [6.07, 6.45) is 5.96. The largest absolute Gasteiger partial charge is 0.266 e. The highest BCUT2D eigenvalue weighted by molar-refractivity contribution is 7.07. The molecule has 0 saturated heterocycles. The molecule has 0 amide bonds. The van der Waals surface area contributed by atoms with Crippen molar-refractivity contribution >= 4 is 29.8 Å². The molecular formula is C9H10N2S. The van der Waals surface area contributed by atoms with E-state index in [1.54, 1.807) is 11.3 Å². The standard InChI is InChI=1S/C9H10N2S/c1-9(2)3-8-7(4-10-5-9)11-6-12-8/h3-6H,1-2H3. The predicted molar refractivity (Wildman–Crippen MR) is 52.6 cm³/mol. The molecule has 0 aliphatic carbocycles. The van der Waals surface area contributed by atoms with E-state index >= 15 is 0 Å². The number of hydrogen-bond acceptors (Lipinski definition) is 3. The summed E-state index contributed by atoms with van der Waals surface area (Å²) >= 11 is 1.66. The average molecular weight is 178 g/mol. The second-order valence-electron chi connectivity index (χ2n) is 3.47. The number of nitrogens with zero attached hydrogens (tertiary/aromatic N) is 2. The molecule has 2 heterocycles. The van der Waals surface area contributed by atoms with Crippen molar-refractivity contribution in [2.45, 2.75) is 13.8 Å². The van der Waals surface area contributed by atoms with E-state index in [1.165, 1.54) is 4.53 Å². The van der Waals surface area contributed by atoms with Crippen LogP contribution in [0.15, 0.2) is 10.5 Å². The summed E-state index contributed by atoms with van der Waals surface area (Å²) in [5.74, 6) is 0. The zero-order valence-corrected chi connectivity index (χ0v) is 7.93. The maximum absolute atomic E-state index is 4.20. The van der Waals surface area contributed by atoms with Crippen LogP contribution in [0.3, 0.4) is 0 Å². The lowest BCUT2D eigenvalue weighted by molar-refractivity contribution is 0.742. The Kier molecular flexibility index (Phi) is 1.61. The van der Waals surface area contributed by atoms with E-state index in [4.69, 9.17) is 0 Å². The molecule has 1 aromatic heterocycles. The number of rotatable bonds is 0. The number of hydrogen-bond donors (Lipinski definition) is 0. The molecule has 0 atom stereocenters. The van der Waals surface area contributed by atoms with Gasteiger partial charge in [0.15, 0.2) is 0 Å². The second-order valence-corrected chi connectivity index (χ2v) is 4.36. The summed E-state index contributed by atoms with van der Waals surface area (Å²) in [5, 5.41) is 0.988. The summed E-state index contributed by atoms with van der Waals surface area (Å²) in [6.45, 7) is 4.28. The first kappa shape index (κ1) is 7.68. The van der Waals surface area contributed by atoms with Gasteiger partial charge in [-0.2, -0.15) is 0 Å². The third kappa shape index (κ3) is 1.32. The average Bonchev–Trinajstić information content (AvgIpc) is 2.31. The SMILES string of the molecule is CC1(C)C=NC=c2ncsc2=C1. The van der Waals surface area contributed by atoms with Gasteiger partial charge in [0.2, 0.25) is 0 Å². The Hall–Kier alpha value is -0.960. The van der Waals surface area contributed by atoms with Crippen LogP contribution in [-0.4, -0.2) is 11.2 Å². The molecule has 0 spiro atoms. The van der Waals surface area contributed by atoms with Crippen LogP contribution >= 0.6 is 11.3 Å². The van der Waals surface area contributed by atoms with E-state index in [9.17, 15) is 0 Å². The second kappa shape index (κ2) is 2.52. The van der Waals surface area contributed by atoms with E-state index < -0.39 is 0 Å². The van der Waals surface area contributed by atoms with Gasteiger partial charge < -0.3 is 0 Å². The van der Waals surface area contributed by atoms with Crippen LogP contribution in [0.5, 0.6) is 0 Å². The lowest BCUT2D eigenvalue weighted by atomic mass is 9.95. The van der Waals surface area contributed by atoms with E-state index in [1.807, 2.05) is 17.9 Å². The fraction of sp³-hybridized carbons (Fsp3) is 0.333. The van der Waals surface area contributed by atoms with Gasteiger partial charge in [0, 0.05) is 11.6 Å². The summed E-state index contributed by atoms with van der Waals surface area (Å²) in [4.78, 5) is 8.40. The third-order valence-electron chi connectivity index (χ3n) is 1.73. The van der Waals surface area contributed by atoms with Crippen molar-refractivity contribution in [2.75, 3.05) is 0 Å². The van der Waals surface area contributed by atoms with Crippen LogP contribution in [-0.2, 0) is 0 Å². The fourth-order valence-electron chi connectivity index (χ4n) is 1.14. The highest BCUT2D eigenvalue weighted by atomic mass is 32.1. The number of aromatic nitrogens is 1. The molecule has 0 fully saturated rings. The molecule has 0 bridgehead atoms. The lowest BCUT2D eigenvalue weighted by Crippen LogP contribution is -2.22. The Labute approximate surface area is 75.0 Å². The minimum atomic E-state index is 0.0499. The minimum absolute atomic E-state index is 0.0499. The van der Waals surface area contributed by atoms with E-state index in [0.717, 1.165) is 5.35 Å². The van der Waals surface area contributed by atoms with Crippen LogP contribution < -0.4 is 9.88 Å². The number of thiazole rings is 1. The van der Waals surface area contributed by atoms with Crippen LogP contribution in [0.1, 0.15) is 13.8 Å². The summed E-state index contributed by atoms with van der Waals surface area (Å²) < 4.78 is 1.22. The Morgan fingerprint density at radius 1 is 1.42 bits per heavy atom. The molecule has 0 unspecified atom stereocenters. The summed E-state index contributed by atoms with van der Waals surface area (Å²) in [6, 6.07) is 0. The van der Waals surface area contributed by atoms with Crippen LogP contribution in [0.25, 0.3) is 12.3 Å². The molecule has 2 rings (SSSR count). The quantitative estimate of drug-likeness (QED) is 0.576. The van der Waals surface area contributed by atoms with Crippen molar-refractivity contribution in [1.29, 1.82) is 0 Å². The summed E-state index contributed by atoms with van der Waals surface area (Å²) in [5.41, 5.74) is 1.91. The first-order valence-corrected chi connectivity index (χ1v) is 4.72. The molecule has 0 N–H and O–H groups in total. The van der Waals surface area contributed by atoms with Crippen molar-refractivity contribution in [1.82, 2.24) is 4.98 Å². The molecule has 1 aliphatic heterocycles. The van der Waals surface area contributed by atoms with Crippen molar-refractivity contribution in [3.05, 3.63) is 15.4 Å².